The summed E-state index contributed by atoms with van der Waals surface area (Å²) in [5.74, 6) is 0.677. The summed E-state index contributed by atoms with van der Waals surface area (Å²) in [5, 5.41) is 2.94. The molecule has 3 aliphatic rings. The predicted molar refractivity (Wildman–Crippen MR) is 150 cm³/mol. The maximum absolute atomic E-state index is 13.7. The lowest BCUT2D eigenvalue weighted by atomic mass is 9.87. The molecule has 0 atom stereocenters. The van der Waals surface area contributed by atoms with Crippen LogP contribution in [0.25, 0.3) is 16.8 Å². The van der Waals surface area contributed by atoms with E-state index in [-0.39, 0.29) is 11.4 Å². The van der Waals surface area contributed by atoms with Crippen LogP contribution in [-0.2, 0) is 4.74 Å². The highest BCUT2D eigenvalue weighted by Crippen LogP contribution is 2.40. The van der Waals surface area contributed by atoms with Gasteiger partial charge in [-0.15, -0.1) is 0 Å². The van der Waals surface area contributed by atoms with Gasteiger partial charge >= 0.3 is 0 Å². The molecule has 3 aromatic heterocycles. The van der Waals surface area contributed by atoms with Crippen LogP contribution in [0.2, 0.25) is 0 Å². The van der Waals surface area contributed by atoms with Crippen molar-refractivity contribution < 1.29 is 13.9 Å². The number of nitrogens with two attached hydrogens (primary N) is 1. The van der Waals surface area contributed by atoms with Gasteiger partial charge in [-0.2, -0.15) is 4.98 Å². The van der Waals surface area contributed by atoms with Gasteiger partial charge in [-0.25, -0.2) is 9.97 Å². The second-order valence-corrected chi connectivity index (χ2v) is 10.3. The van der Waals surface area contributed by atoms with Gasteiger partial charge in [-0.05, 0) is 38.6 Å². The van der Waals surface area contributed by atoms with Gasteiger partial charge in [0.05, 0.1) is 30.0 Å². The van der Waals surface area contributed by atoms with Crippen molar-refractivity contribution in [3.05, 3.63) is 41.7 Å². The number of nitrogens with one attached hydrogen (secondary N) is 1. The van der Waals surface area contributed by atoms with E-state index in [1.807, 2.05) is 17.0 Å². The summed E-state index contributed by atoms with van der Waals surface area (Å²) >= 11 is 0. The third-order valence-electron chi connectivity index (χ3n) is 7.83. The average molecular weight is 532 g/mol. The van der Waals surface area contributed by atoms with Crippen LogP contribution >= 0.6 is 0 Å². The highest BCUT2D eigenvalue weighted by Gasteiger charge is 2.49. The molecule has 12 nitrogen and oxygen atoms in total. The smallest absolute Gasteiger partial charge is 0.300 e. The Morgan fingerprint density at radius 2 is 1.97 bits per heavy atom. The molecular weight excluding hydrogens is 498 g/mol. The number of fused-ring (bicyclic) bond motifs is 1. The standard InChI is InChI=1S/C27H33N9O3/c1-29-15-18(14-28)20-5-3-6-22(30-20)31-25(37)19-13-21-23(33-26(39-21)35-9-11-38-12-10-35)32-24(19)36-16-27(17-36)7-4-8-34(27)2/h3,5-6,13-15H,4,7-12,16-17,28H2,1-2H3,(H,30,31,37)/b18-14+,29-15?. The molecule has 3 aliphatic heterocycles. The number of nitrogens with zero attached hydrogens (tertiary/aromatic N) is 7. The SMILES string of the molecule is CN=C/C(=C\N)c1cccc(NC(=O)c2cc3oc(N4CCOCC4)nc3nc2N2CC3(CCCN3C)C2)n1. The first kappa shape index (κ1) is 25.3. The largest absolute Gasteiger partial charge is 0.422 e. The predicted octanol–water partition coefficient (Wildman–Crippen LogP) is 1.99. The number of carbonyl (C=O) groups excluding carboxylic acids is 1. The van der Waals surface area contributed by atoms with Crippen molar-refractivity contribution >= 4 is 46.6 Å². The van der Waals surface area contributed by atoms with E-state index in [0.717, 1.165) is 26.1 Å². The fourth-order valence-corrected chi connectivity index (χ4v) is 5.61. The molecule has 3 fully saturated rings. The summed E-state index contributed by atoms with van der Waals surface area (Å²) < 4.78 is 11.5. The zero-order chi connectivity index (χ0) is 27.0. The maximum atomic E-state index is 13.7. The first-order chi connectivity index (χ1) is 19.0. The number of rotatable bonds is 6. The van der Waals surface area contributed by atoms with Gasteiger partial charge < -0.3 is 30.0 Å². The number of likely N-dealkylation sites (tertiary alicyclic amines) is 1. The van der Waals surface area contributed by atoms with E-state index < -0.39 is 0 Å². The van der Waals surface area contributed by atoms with E-state index in [1.54, 1.807) is 25.4 Å². The van der Waals surface area contributed by atoms with E-state index >= 15 is 0 Å². The van der Waals surface area contributed by atoms with E-state index in [2.05, 4.69) is 37.1 Å². The number of aromatic nitrogens is 3. The Morgan fingerprint density at radius 1 is 1.15 bits per heavy atom. The second-order valence-electron chi connectivity index (χ2n) is 10.3. The highest BCUT2D eigenvalue weighted by molar-refractivity contribution is 6.10. The van der Waals surface area contributed by atoms with Crippen LogP contribution in [0.4, 0.5) is 17.7 Å². The third-order valence-corrected chi connectivity index (χ3v) is 7.83. The van der Waals surface area contributed by atoms with Gasteiger partial charge in [-0.1, -0.05) is 6.07 Å². The van der Waals surface area contributed by atoms with Crippen LogP contribution in [0, 0.1) is 0 Å². The van der Waals surface area contributed by atoms with Crippen molar-refractivity contribution in [2.45, 2.75) is 18.4 Å². The molecule has 0 aliphatic carbocycles. The van der Waals surface area contributed by atoms with Crippen molar-refractivity contribution in [3.63, 3.8) is 0 Å². The first-order valence-corrected chi connectivity index (χ1v) is 13.2. The molecule has 3 N–H and O–H groups in total. The van der Waals surface area contributed by atoms with Crippen LogP contribution in [0.3, 0.4) is 0 Å². The number of anilines is 3. The fourth-order valence-electron chi connectivity index (χ4n) is 5.61. The monoisotopic (exact) mass is 531 g/mol. The van der Waals surface area contributed by atoms with E-state index in [1.165, 1.54) is 12.6 Å². The number of ether oxygens (including phenoxy) is 1. The lowest BCUT2D eigenvalue weighted by Gasteiger charge is -2.52. The number of hydrogen-bond acceptors (Lipinski definition) is 11. The number of morpholine rings is 1. The molecule has 0 saturated carbocycles. The lowest BCUT2D eigenvalue weighted by Crippen LogP contribution is -2.67. The number of pyridine rings is 2. The molecule has 1 amide bonds. The topological polar surface area (TPSA) is 138 Å². The number of likely N-dealkylation sites (N-methyl/N-ethyl adjacent to an activating group) is 1. The maximum Gasteiger partial charge on any atom is 0.300 e. The second kappa shape index (κ2) is 10.3. The average Bonchev–Trinajstić information content (AvgIpc) is 3.54. The Bertz CT molecular complexity index is 1440. The molecule has 0 bridgehead atoms. The third kappa shape index (κ3) is 4.70. The van der Waals surface area contributed by atoms with Crippen molar-refractivity contribution in [2.75, 3.05) is 75.1 Å². The minimum Gasteiger partial charge on any atom is -0.422 e. The molecule has 39 heavy (non-hydrogen) atoms. The molecule has 204 valence electrons. The summed E-state index contributed by atoms with van der Waals surface area (Å²) in [6.45, 7) is 5.33. The van der Waals surface area contributed by atoms with Crippen molar-refractivity contribution in [2.24, 2.45) is 10.7 Å². The number of carbonyl (C=O) groups is 1. The summed E-state index contributed by atoms with van der Waals surface area (Å²) in [7, 11) is 3.84. The van der Waals surface area contributed by atoms with Gasteiger partial charge in [0.2, 0.25) is 5.65 Å². The van der Waals surface area contributed by atoms with Crippen LogP contribution in [-0.4, -0.2) is 97.5 Å². The minimum absolute atomic E-state index is 0.134. The summed E-state index contributed by atoms with van der Waals surface area (Å²) in [4.78, 5) is 38.4. The van der Waals surface area contributed by atoms with Crippen LogP contribution < -0.4 is 20.9 Å². The van der Waals surface area contributed by atoms with E-state index in [4.69, 9.17) is 19.9 Å². The zero-order valence-corrected chi connectivity index (χ0v) is 22.3. The Hall–Kier alpha value is -4.03. The van der Waals surface area contributed by atoms with E-state index in [0.29, 0.717) is 72.0 Å². The van der Waals surface area contributed by atoms with Crippen LogP contribution in [0.1, 0.15) is 28.9 Å². The fraction of sp³-hybridized carbons (Fsp3) is 0.444. The first-order valence-electron chi connectivity index (χ1n) is 13.2. The number of hydrogen-bond donors (Lipinski definition) is 2. The molecule has 12 heteroatoms. The van der Waals surface area contributed by atoms with Crippen molar-refractivity contribution in [1.82, 2.24) is 19.9 Å². The molecule has 6 heterocycles. The van der Waals surface area contributed by atoms with Gasteiger partial charge in [0.1, 0.15) is 11.6 Å². The normalized spacial score (nSPS) is 19.8. The molecular formula is C27H33N9O3. The number of amides is 1. The molecule has 3 saturated heterocycles. The Kier molecular flexibility index (Phi) is 6.65. The quantitative estimate of drug-likeness (QED) is 0.454. The Morgan fingerprint density at radius 3 is 2.69 bits per heavy atom. The Balaban J connectivity index is 1.33. The van der Waals surface area contributed by atoms with Crippen molar-refractivity contribution in [1.29, 1.82) is 0 Å². The molecule has 0 aromatic carbocycles. The highest BCUT2D eigenvalue weighted by atomic mass is 16.5. The van der Waals surface area contributed by atoms with Gasteiger partial charge in [0, 0.05) is 57.3 Å². The van der Waals surface area contributed by atoms with Crippen LogP contribution in [0.15, 0.2) is 39.9 Å². The Labute approximate surface area is 226 Å². The summed E-state index contributed by atoms with van der Waals surface area (Å²) in [5.41, 5.74) is 8.51. The summed E-state index contributed by atoms with van der Waals surface area (Å²) in [6.07, 6.45) is 5.39. The summed E-state index contributed by atoms with van der Waals surface area (Å²) in [6, 6.07) is 7.60. The van der Waals surface area contributed by atoms with Crippen LogP contribution in [0.5, 0.6) is 0 Å². The van der Waals surface area contributed by atoms with Gasteiger partial charge in [0.15, 0.2) is 5.58 Å². The molecule has 6 rings (SSSR count). The van der Waals surface area contributed by atoms with Crippen molar-refractivity contribution in [3.8, 4) is 0 Å². The lowest BCUT2D eigenvalue weighted by molar-refractivity contribution is 0.102. The number of allylic oxidation sites excluding steroid dienone is 1. The minimum atomic E-state index is -0.323. The zero-order valence-electron chi connectivity index (χ0n) is 22.3. The molecule has 0 unspecified atom stereocenters. The van der Waals surface area contributed by atoms with Gasteiger partial charge in [0.25, 0.3) is 11.9 Å². The molecule has 0 radical (unpaired) electrons. The molecule has 1 spiro atoms. The number of aliphatic imine (C=N–C) groups is 1. The van der Waals surface area contributed by atoms with Gasteiger partial charge in [-0.3, -0.25) is 14.7 Å². The molecule has 3 aromatic rings. The van der Waals surface area contributed by atoms with E-state index in [9.17, 15) is 4.79 Å². The number of oxazole rings is 1.